The molecular weight excluding hydrogens is 250 g/mol. The van der Waals surface area contributed by atoms with E-state index in [1.807, 2.05) is 0 Å². The van der Waals surface area contributed by atoms with E-state index >= 15 is 0 Å². The van der Waals surface area contributed by atoms with Crippen LogP contribution in [0.3, 0.4) is 0 Å². The van der Waals surface area contributed by atoms with Crippen LogP contribution in [0.25, 0.3) is 6.08 Å². The van der Waals surface area contributed by atoms with Gasteiger partial charge in [0.2, 0.25) is 0 Å². The molecule has 0 unspecified atom stereocenters. The SMILES string of the molecule is COC(=O)/C(=C/c1ccc(C(=O)OC)nc1)C(C)=O. The first kappa shape index (κ1) is 14.6. The standard InChI is InChI=1S/C13H13NO5/c1-8(15)10(12(16)18-2)6-9-4-5-11(14-7-9)13(17)19-3/h4-7H,1-3H3/b10-6+. The fourth-order valence-electron chi connectivity index (χ4n) is 1.30. The second-order valence-electron chi connectivity index (χ2n) is 3.57. The molecule has 0 aliphatic carbocycles. The van der Waals surface area contributed by atoms with E-state index in [9.17, 15) is 14.4 Å². The van der Waals surface area contributed by atoms with Crippen LogP contribution in [0.15, 0.2) is 23.9 Å². The Morgan fingerprint density at radius 3 is 2.26 bits per heavy atom. The van der Waals surface area contributed by atoms with E-state index in [1.165, 1.54) is 39.5 Å². The van der Waals surface area contributed by atoms with E-state index in [4.69, 9.17) is 0 Å². The normalized spacial score (nSPS) is 10.8. The average Bonchev–Trinajstić information content (AvgIpc) is 2.43. The summed E-state index contributed by atoms with van der Waals surface area (Å²) in [5.74, 6) is -1.69. The maximum Gasteiger partial charge on any atom is 0.356 e. The Morgan fingerprint density at radius 2 is 1.84 bits per heavy atom. The maximum atomic E-state index is 11.4. The lowest BCUT2D eigenvalue weighted by atomic mass is 10.1. The summed E-state index contributed by atoms with van der Waals surface area (Å²) in [4.78, 5) is 37.7. The number of rotatable bonds is 4. The third-order valence-electron chi connectivity index (χ3n) is 2.28. The monoisotopic (exact) mass is 263 g/mol. The molecule has 0 saturated carbocycles. The van der Waals surface area contributed by atoms with Gasteiger partial charge in [0, 0.05) is 6.20 Å². The van der Waals surface area contributed by atoms with Crippen LogP contribution < -0.4 is 0 Å². The summed E-state index contributed by atoms with van der Waals surface area (Å²) in [6.07, 6.45) is 2.71. The summed E-state index contributed by atoms with van der Waals surface area (Å²) in [7, 11) is 2.45. The first-order valence-electron chi connectivity index (χ1n) is 5.35. The van der Waals surface area contributed by atoms with Crippen LogP contribution in [0.4, 0.5) is 0 Å². The summed E-state index contributed by atoms with van der Waals surface area (Å²) in [5, 5.41) is 0. The highest BCUT2D eigenvalue weighted by Gasteiger charge is 2.15. The summed E-state index contributed by atoms with van der Waals surface area (Å²) in [6.45, 7) is 1.26. The van der Waals surface area contributed by atoms with Gasteiger partial charge in [-0.2, -0.15) is 0 Å². The number of Topliss-reactive ketones (excluding diaryl/α,β-unsaturated/α-hetero) is 1. The highest BCUT2D eigenvalue weighted by molar-refractivity contribution is 6.19. The smallest absolute Gasteiger partial charge is 0.356 e. The van der Waals surface area contributed by atoms with Crippen molar-refractivity contribution in [3.63, 3.8) is 0 Å². The molecule has 0 atom stereocenters. The van der Waals surface area contributed by atoms with Crippen molar-refractivity contribution in [3.8, 4) is 0 Å². The molecule has 0 aliphatic heterocycles. The molecule has 1 heterocycles. The molecule has 0 radical (unpaired) electrons. The van der Waals surface area contributed by atoms with Gasteiger partial charge in [-0.05, 0) is 24.6 Å². The van der Waals surface area contributed by atoms with Crippen molar-refractivity contribution in [2.24, 2.45) is 0 Å². The lowest BCUT2D eigenvalue weighted by Crippen LogP contribution is -2.11. The van der Waals surface area contributed by atoms with Crippen molar-refractivity contribution >= 4 is 23.8 Å². The third-order valence-corrected chi connectivity index (χ3v) is 2.28. The summed E-state index contributed by atoms with van der Waals surface area (Å²) >= 11 is 0. The molecule has 0 aliphatic rings. The second-order valence-corrected chi connectivity index (χ2v) is 3.57. The van der Waals surface area contributed by atoms with E-state index in [-0.39, 0.29) is 11.3 Å². The molecule has 0 N–H and O–H groups in total. The van der Waals surface area contributed by atoms with Gasteiger partial charge < -0.3 is 9.47 Å². The van der Waals surface area contributed by atoms with E-state index in [1.54, 1.807) is 6.07 Å². The molecule has 1 rings (SSSR count). The number of methoxy groups -OCH3 is 2. The zero-order valence-electron chi connectivity index (χ0n) is 10.8. The first-order chi connectivity index (χ1) is 8.99. The summed E-state index contributed by atoms with van der Waals surface area (Å²) < 4.78 is 9.01. The predicted molar refractivity (Wildman–Crippen MR) is 66.3 cm³/mol. The van der Waals surface area contributed by atoms with Gasteiger partial charge in [-0.25, -0.2) is 14.6 Å². The van der Waals surface area contributed by atoms with Crippen molar-refractivity contribution in [1.29, 1.82) is 0 Å². The molecule has 1 aromatic rings. The fourth-order valence-corrected chi connectivity index (χ4v) is 1.30. The number of pyridine rings is 1. The van der Waals surface area contributed by atoms with Gasteiger partial charge >= 0.3 is 11.9 Å². The molecule has 1 aromatic heterocycles. The molecule has 0 bridgehead atoms. The number of ketones is 1. The zero-order valence-corrected chi connectivity index (χ0v) is 10.8. The van der Waals surface area contributed by atoms with E-state index in [0.29, 0.717) is 5.56 Å². The van der Waals surface area contributed by atoms with Crippen LogP contribution in [0, 0.1) is 0 Å². The second kappa shape index (κ2) is 6.44. The molecule has 0 amide bonds. The van der Waals surface area contributed by atoms with Gasteiger partial charge in [0.25, 0.3) is 0 Å². The predicted octanol–water partition coefficient (Wildman–Crippen LogP) is 1.01. The fraction of sp³-hybridized carbons (Fsp3) is 0.231. The van der Waals surface area contributed by atoms with Crippen LogP contribution >= 0.6 is 0 Å². The maximum absolute atomic E-state index is 11.4. The Kier molecular flexibility index (Phi) is 4.93. The van der Waals surface area contributed by atoms with Crippen molar-refractivity contribution in [3.05, 3.63) is 35.2 Å². The Morgan fingerprint density at radius 1 is 1.16 bits per heavy atom. The topological polar surface area (TPSA) is 82.6 Å². The Balaban J connectivity index is 3.06. The Bertz CT molecular complexity index is 530. The first-order valence-corrected chi connectivity index (χ1v) is 5.35. The number of hydrogen-bond acceptors (Lipinski definition) is 6. The average molecular weight is 263 g/mol. The van der Waals surface area contributed by atoms with Gasteiger partial charge in [0.05, 0.1) is 14.2 Å². The number of ether oxygens (including phenoxy) is 2. The molecule has 0 fully saturated rings. The van der Waals surface area contributed by atoms with Crippen LogP contribution in [-0.4, -0.2) is 36.9 Å². The number of hydrogen-bond donors (Lipinski definition) is 0. The highest BCUT2D eigenvalue weighted by Crippen LogP contribution is 2.09. The number of nitrogens with zero attached hydrogens (tertiary/aromatic N) is 1. The summed E-state index contributed by atoms with van der Waals surface area (Å²) in [6, 6.07) is 2.98. The minimum absolute atomic E-state index is 0.0879. The number of esters is 2. The van der Waals surface area contributed by atoms with Crippen molar-refractivity contribution < 1.29 is 23.9 Å². The van der Waals surface area contributed by atoms with Crippen molar-refractivity contribution in [1.82, 2.24) is 4.98 Å². The van der Waals surface area contributed by atoms with Crippen LogP contribution in [0.1, 0.15) is 23.0 Å². The molecule has 0 spiro atoms. The van der Waals surface area contributed by atoms with Crippen molar-refractivity contribution in [2.75, 3.05) is 14.2 Å². The minimum atomic E-state index is -0.718. The molecule has 19 heavy (non-hydrogen) atoms. The van der Waals surface area contributed by atoms with Gasteiger partial charge in [-0.3, -0.25) is 4.79 Å². The van der Waals surface area contributed by atoms with E-state index < -0.39 is 17.7 Å². The molecular formula is C13H13NO5. The molecule has 0 aromatic carbocycles. The Labute approximate surface area is 110 Å². The van der Waals surface area contributed by atoms with Crippen LogP contribution in [0.5, 0.6) is 0 Å². The number of carbonyl (C=O) groups is 3. The third kappa shape index (κ3) is 3.74. The van der Waals surface area contributed by atoms with Crippen molar-refractivity contribution in [2.45, 2.75) is 6.92 Å². The molecule has 0 saturated heterocycles. The summed E-state index contributed by atoms with van der Waals surface area (Å²) in [5.41, 5.74) is 0.556. The largest absolute Gasteiger partial charge is 0.465 e. The van der Waals surface area contributed by atoms with Gasteiger partial charge in [0.15, 0.2) is 5.78 Å². The minimum Gasteiger partial charge on any atom is -0.465 e. The number of carbonyl (C=O) groups excluding carboxylic acids is 3. The Hall–Kier alpha value is -2.50. The van der Waals surface area contributed by atoms with Crippen LogP contribution in [0.2, 0.25) is 0 Å². The van der Waals surface area contributed by atoms with Gasteiger partial charge in [-0.1, -0.05) is 6.07 Å². The molecule has 100 valence electrons. The quantitative estimate of drug-likeness (QED) is 0.349. The highest BCUT2D eigenvalue weighted by atomic mass is 16.5. The van der Waals surface area contributed by atoms with E-state index in [0.717, 1.165) is 0 Å². The molecule has 6 heteroatoms. The van der Waals surface area contributed by atoms with Gasteiger partial charge in [-0.15, -0.1) is 0 Å². The zero-order chi connectivity index (χ0) is 14.4. The van der Waals surface area contributed by atoms with Crippen LogP contribution in [-0.2, 0) is 19.1 Å². The lowest BCUT2D eigenvalue weighted by Gasteiger charge is -2.02. The van der Waals surface area contributed by atoms with Gasteiger partial charge in [0.1, 0.15) is 11.3 Å². The number of aromatic nitrogens is 1. The van der Waals surface area contributed by atoms with E-state index in [2.05, 4.69) is 14.5 Å². The molecule has 6 nitrogen and oxygen atoms in total. The lowest BCUT2D eigenvalue weighted by molar-refractivity contribution is -0.137.